The van der Waals surface area contributed by atoms with Gasteiger partial charge in [-0.15, -0.1) is 0 Å². The van der Waals surface area contributed by atoms with E-state index in [0.717, 1.165) is 25.2 Å². The molecule has 0 atom stereocenters. The largest absolute Gasteiger partial charge is 0.313 e. The van der Waals surface area contributed by atoms with E-state index in [1.807, 2.05) is 19.3 Å². The van der Waals surface area contributed by atoms with Gasteiger partial charge >= 0.3 is 0 Å². The maximum Gasteiger partial charge on any atom is 0.0877 e. The van der Waals surface area contributed by atoms with Crippen LogP contribution in [0.4, 0.5) is 0 Å². The van der Waals surface area contributed by atoms with E-state index >= 15 is 0 Å². The number of hydrogen-bond acceptors (Lipinski definition) is 3. The molecule has 0 aromatic carbocycles. The Bertz CT molecular complexity index is 343. The zero-order valence-corrected chi connectivity index (χ0v) is 7.62. The van der Waals surface area contributed by atoms with Gasteiger partial charge in [-0.3, -0.25) is 4.68 Å². The highest BCUT2D eigenvalue weighted by Crippen LogP contribution is 2.25. The average molecular weight is 176 g/mol. The Morgan fingerprint density at radius 3 is 2.92 bits per heavy atom. The Kier molecular flexibility index (Phi) is 1.82. The van der Waals surface area contributed by atoms with Crippen molar-refractivity contribution < 1.29 is 0 Å². The lowest BCUT2D eigenvalue weighted by Gasteiger charge is -2.35. The van der Waals surface area contributed by atoms with Crippen molar-refractivity contribution in [2.24, 2.45) is 12.5 Å². The smallest absolute Gasteiger partial charge is 0.0877 e. The van der Waals surface area contributed by atoms with Gasteiger partial charge in [0.1, 0.15) is 0 Å². The van der Waals surface area contributed by atoms with Crippen molar-refractivity contribution in [3.8, 4) is 6.07 Å². The van der Waals surface area contributed by atoms with E-state index in [4.69, 9.17) is 5.26 Å². The number of rotatable bonds is 2. The van der Waals surface area contributed by atoms with Gasteiger partial charge in [0.15, 0.2) is 0 Å². The summed E-state index contributed by atoms with van der Waals surface area (Å²) in [5, 5.41) is 16.4. The van der Waals surface area contributed by atoms with Crippen LogP contribution in [0.3, 0.4) is 0 Å². The molecule has 0 aliphatic carbocycles. The fraction of sp³-hybridized carbons (Fsp3) is 0.556. The van der Waals surface area contributed by atoms with E-state index in [0.29, 0.717) is 0 Å². The van der Waals surface area contributed by atoms with Crippen LogP contribution in [0, 0.1) is 16.7 Å². The normalized spacial score (nSPS) is 19.1. The van der Waals surface area contributed by atoms with Gasteiger partial charge in [0.25, 0.3) is 0 Å². The van der Waals surface area contributed by atoms with Crippen LogP contribution in [0.1, 0.15) is 5.69 Å². The van der Waals surface area contributed by atoms with Gasteiger partial charge in [-0.05, 0) is 6.07 Å². The quantitative estimate of drug-likeness (QED) is 0.694. The molecule has 68 valence electrons. The van der Waals surface area contributed by atoms with Crippen molar-refractivity contribution in [2.45, 2.75) is 6.42 Å². The average Bonchev–Trinajstić information content (AvgIpc) is 2.44. The molecule has 1 saturated heterocycles. The topological polar surface area (TPSA) is 53.6 Å². The monoisotopic (exact) mass is 176 g/mol. The summed E-state index contributed by atoms with van der Waals surface area (Å²) >= 11 is 0. The molecule has 0 bridgehead atoms. The molecule has 0 unspecified atom stereocenters. The molecule has 4 heteroatoms. The Balaban J connectivity index is 2.09. The summed E-state index contributed by atoms with van der Waals surface area (Å²) in [7, 11) is 1.89. The first-order chi connectivity index (χ1) is 6.24. The van der Waals surface area contributed by atoms with Gasteiger partial charge in [-0.1, -0.05) is 0 Å². The van der Waals surface area contributed by atoms with Crippen molar-refractivity contribution in [1.82, 2.24) is 15.1 Å². The molecule has 1 aliphatic rings. The highest BCUT2D eigenvalue weighted by Gasteiger charge is 2.37. The van der Waals surface area contributed by atoms with E-state index in [1.165, 1.54) is 0 Å². The number of nitrogens with zero attached hydrogens (tertiary/aromatic N) is 3. The van der Waals surface area contributed by atoms with Crippen LogP contribution in [0.5, 0.6) is 0 Å². The van der Waals surface area contributed by atoms with Crippen LogP contribution in [0.15, 0.2) is 12.3 Å². The standard InChI is InChI=1S/C9H12N4/c1-13-3-2-8(12-13)4-9(5-10)6-11-7-9/h2-3,11H,4,6-7H2,1H3. The SMILES string of the molecule is Cn1ccc(CC2(C#N)CNC2)n1. The van der Waals surface area contributed by atoms with E-state index in [9.17, 15) is 0 Å². The van der Waals surface area contributed by atoms with E-state index in [1.54, 1.807) is 4.68 Å². The minimum absolute atomic E-state index is 0.200. The molecule has 4 nitrogen and oxygen atoms in total. The molecule has 1 aromatic rings. The van der Waals surface area contributed by atoms with Crippen LogP contribution < -0.4 is 5.32 Å². The van der Waals surface area contributed by atoms with Gasteiger partial charge in [0, 0.05) is 32.8 Å². The molecule has 1 aliphatic heterocycles. The van der Waals surface area contributed by atoms with E-state index in [2.05, 4.69) is 16.5 Å². The summed E-state index contributed by atoms with van der Waals surface area (Å²) in [5.41, 5.74) is 0.805. The minimum atomic E-state index is -0.200. The number of nitrogens with one attached hydrogen (secondary N) is 1. The second-order valence-corrected chi connectivity index (χ2v) is 3.65. The van der Waals surface area contributed by atoms with Crippen molar-refractivity contribution in [3.63, 3.8) is 0 Å². The molecule has 2 rings (SSSR count). The molecule has 0 spiro atoms. The lowest BCUT2D eigenvalue weighted by molar-refractivity contribution is 0.246. The molecule has 1 fully saturated rings. The molecule has 1 N–H and O–H groups in total. The number of aryl methyl sites for hydroxylation is 1. The van der Waals surface area contributed by atoms with Gasteiger partial charge < -0.3 is 5.32 Å². The number of hydrogen-bond donors (Lipinski definition) is 1. The fourth-order valence-corrected chi connectivity index (χ4v) is 1.57. The van der Waals surface area contributed by atoms with Crippen LogP contribution in [0.25, 0.3) is 0 Å². The maximum absolute atomic E-state index is 8.98. The third-order valence-electron chi connectivity index (χ3n) is 2.45. The van der Waals surface area contributed by atoms with Gasteiger partial charge in [-0.2, -0.15) is 10.4 Å². The summed E-state index contributed by atoms with van der Waals surface area (Å²) in [6.07, 6.45) is 2.67. The first-order valence-corrected chi connectivity index (χ1v) is 4.35. The molecule has 2 heterocycles. The lowest BCUT2D eigenvalue weighted by atomic mass is 9.79. The molecular formula is C9H12N4. The van der Waals surface area contributed by atoms with Crippen LogP contribution in [-0.2, 0) is 13.5 Å². The number of aromatic nitrogens is 2. The predicted octanol–water partition coefficient (Wildman–Crippen LogP) is 0.0758. The fourth-order valence-electron chi connectivity index (χ4n) is 1.57. The van der Waals surface area contributed by atoms with Crippen molar-refractivity contribution in [1.29, 1.82) is 5.26 Å². The molecule has 0 radical (unpaired) electrons. The number of nitriles is 1. The second kappa shape index (κ2) is 2.86. The van der Waals surface area contributed by atoms with Crippen LogP contribution in [-0.4, -0.2) is 22.9 Å². The highest BCUT2D eigenvalue weighted by molar-refractivity contribution is 5.15. The lowest BCUT2D eigenvalue weighted by Crippen LogP contribution is -2.53. The summed E-state index contributed by atoms with van der Waals surface area (Å²) in [6, 6.07) is 4.33. The van der Waals surface area contributed by atoms with Crippen LogP contribution >= 0.6 is 0 Å². The van der Waals surface area contributed by atoms with Gasteiger partial charge in [0.05, 0.1) is 17.2 Å². The van der Waals surface area contributed by atoms with E-state index < -0.39 is 0 Å². The predicted molar refractivity (Wildman–Crippen MR) is 47.8 cm³/mol. The Morgan fingerprint density at radius 1 is 1.77 bits per heavy atom. The first-order valence-electron chi connectivity index (χ1n) is 4.35. The zero-order valence-electron chi connectivity index (χ0n) is 7.62. The minimum Gasteiger partial charge on any atom is -0.313 e. The maximum atomic E-state index is 8.98. The molecule has 0 saturated carbocycles. The third-order valence-corrected chi connectivity index (χ3v) is 2.45. The van der Waals surface area contributed by atoms with E-state index in [-0.39, 0.29) is 5.41 Å². The van der Waals surface area contributed by atoms with Crippen molar-refractivity contribution in [3.05, 3.63) is 18.0 Å². The second-order valence-electron chi connectivity index (χ2n) is 3.65. The molecular weight excluding hydrogens is 164 g/mol. The highest BCUT2D eigenvalue weighted by atomic mass is 15.2. The molecule has 0 amide bonds. The first kappa shape index (κ1) is 8.27. The summed E-state index contributed by atoms with van der Waals surface area (Å²) in [4.78, 5) is 0. The van der Waals surface area contributed by atoms with Crippen molar-refractivity contribution in [2.75, 3.05) is 13.1 Å². The molecule has 13 heavy (non-hydrogen) atoms. The third kappa shape index (κ3) is 1.43. The summed E-state index contributed by atoms with van der Waals surface area (Å²) in [6.45, 7) is 1.58. The zero-order chi connectivity index (χ0) is 9.31. The summed E-state index contributed by atoms with van der Waals surface area (Å²) < 4.78 is 1.77. The van der Waals surface area contributed by atoms with Crippen LogP contribution in [0.2, 0.25) is 0 Å². The Labute approximate surface area is 77.2 Å². The van der Waals surface area contributed by atoms with Gasteiger partial charge in [0.2, 0.25) is 0 Å². The Hall–Kier alpha value is -1.34. The van der Waals surface area contributed by atoms with Gasteiger partial charge in [-0.25, -0.2) is 0 Å². The van der Waals surface area contributed by atoms with Crippen molar-refractivity contribution >= 4 is 0 Å². The Morgan fingerprint density at radius 2 is 2.54 bits per heavy atom. The molecule has 1 aromatic heterocycles. The summed E-state index contributed by atoms with van der Waals surface area (Å²) in [5.74, 6) is 0.